The van der Waals surface area contributed by atoms with Crippen molar-refractivity contribution in [3.63, 3.8) is 0 Å². The minimum atomic E-state index is -4.48. The Labute approximate surface area is 185 Å². The Morgan fingerprint density at radius 2 is 1.61 bits per heavy atom. The van der Waals surface area contributed by atoms with Gasteiger partial charge >= 0.3 is 6.18 Å². The van der Waals surface area contributed by atoms with Crippen LogP contribution in [0.5, 0.6) is 0 Å². The van der Waals surface area contributed by atoms with Crippen molar-refractivity contribution >= 4 is 57.5 Å². The van der Waals surface area contributed by atoms with Crippen LogP contribution in [0.25, 0.3) is 0 Å². The van der Waals surface area contributed by atoms with Crippen molar-refractivity contribution in [1.82, 2.24) is 9.59 Å². The van der Waals surface area contributed by atoms with Crippen LogP contribution in [-0.2, 0) is 6.18 Å². The molecular formula is C19H17F3N6OS2. The van der Waals surface area contributed by atoms with Gasteiger partial charge in [-0.2, -0.15) is 13.2 Å². The summed E-state index contributed by atoms with van der Waals surface area (Å²) < 4.78 is 43.2. The van der Waals surface area contributed by atoms with Crippen molar-refractivity contribution in [2.75, 3.05) is 34.9 Å². The number of carbonyl (C=O) groups is 1. The molecule has 162 valence electrons. The molecule has 3 N–H and O–H groups in total. The average Bonchev–Trinajstić information content (AvgIpc) is 3.23. The summed E-state index contributed by atoms with van der Waals surface area (Å²) in [5.74, 6) is -0.382. The van der Waals surface area contributed by atoms with Crippen LogP contribution in [0.1, 0.15) is 16.1 Å². The van der Waals surface area contributed by atoms with E-state index in [1.54, 1.807) is 49.3 Å². The van der Waals surface area contributed by atoms with E-state index in [9.17, 15) is 18.0 Å². The third kappa shape index (κ3) is 6.12. The zero-order valence-electron chi connectivity index (χ0n) is 16.3. The van der Waals surface area contributed by atoms with Crippen LogP contribution in [-0.4, -0.2) is 34.7 Å². The molecule has 2 aromatic carbocycles. The topological polar surface area (TPSA) is 82.2 Å². The van der Waals surface area contributed by atoms with Crippen molar-refractivity contribution in [1.29, 1.82) is 0 Å². The van der Waals surface area contributed by atoms with E-state index in [0.29, 0.717) is 17.1 Å². The summed E-state index contributed by atoms with van der Waals surface area (Å²) in [6.45, 7) is 0. The summed E-state index contributed by atoms with van der Waals surface area (Å²) in [4.78, 5) is 13.6. The number of thiocarbonyl (C=S) groups is 1. The summed E-state index contributed by atoms with van der Waals surface area (Å²) >= 11 is 6.29. The largest absolute Gasteiger partial charge is 0.416 e. The monoisotopic (exact) mass is 466 g/mol. The summed E-state index contributed by atoms with van der Waals surface area (Å²) in [7, 11) is 3.31. The lowest BCUT2D eigenvalue weighted by Gasteiger charge is -2.18. The molecule has 0 bridgehead atoms. The first kappa shape index (κ1) is 22.4. The molecule has 0 radical (unpaired) electrons. The Morgan fingerprint density at radius 1 is 1.00 bits per heavy atom. The zero-order valence-corrected chi connectivity index (χ0v) is 18.0. The van der Waals surface area contributed by atoms with E-state index in [1.165, 1.54) is 5.38 Å². The van der Waals surface area contributed by atoms with Crippen LogP contribution in [0.3, 0.4) is 0 Å². The van der Waals surface area contributed by atoms with Gasteiger partial charge < -0.3 is 20.9 Å². The number of nitrogens with one attached hydrogen (secondary N) is 3. The normalized spacial score (nSPS) is 11.0. The Morgan fingerprint density at radius 3 is 2.16 bits per heavy atom. The lowest BCUT2D eigenvalue weighted by Crippen LogP contribution is -2.20. The van der Waals surface area contributed by atoms with Crippen molar-refractivity contribution in [2.45, 2.75) is 6.18 Å². The van der Waals surface area contributed by atoms with Crippen LogP contribution in [0.15, 0.2) is 47.8 Å². The van der Waals surface area contributed by atoms with Gasteiger partial charge in [-0.1, -0.05) is 4.49 Å². The van der Waals surface area contributed by atoms with E-state index in [1.807, 2.05) is 0 Å². The molecule has 1 amide bonds. The molecule has 7 nitrogen and oxygen atoms in total. The number of hydrogen-bond donors (Lipinski definition) is 3. The maximum atomic E-state index is 13.2. The maximum absolute atomic E-state index is 13.2. The van der Waals surface area contributed by atoms with Gasteiger partial charge in [-0.3, -0.25) is 4.79 Å². The molecule has 0 aliphatic carbocycles. The summed E-state index contributed by atoms with van der Waals surface area (Å²) in [6.07, 6.45) is -4.48. The highest BCUT2D eigenvalue weighted by Crippen LogP contribution is 2.34. The quantitative estimate of drug-likeness (QED) is 0.471. The lowest BCUT2D eigenvalue weighted by atomic mass is 10.1. The molecule has 3 aromatic rings. The third-order valence-electron chi connectivity index (χ3n) is 4.01. The van der Waals surface area contributed by atoms with E-state index in [0.717, 1.165) is 23.7 Å². The molecule has 3 rings (SSSR count). The molecule has 0 unspecified atom stereocenters. The van der Waals surface area contributed by atoms with Crippen molar-refractivity contribution in [3.8, 4) is 0 Å². The number of aromatic nitrogens is 2. The molecule has 0 spiro atoms. The highest BCUT2D eigenvalue weighted by molar-refractivity contribution is 7.80. The lowest BCUT2D eigenvalue weighted by molar-refractivity contribution is -0.137. The first-order valence-electron chi connectivity index (χ1n) is 8.78. The molecule has 0 atom stereocenters. The van der Waals surface area contributed by atoms with Gasteiger partial charge in [0.15, 0.2) is 10.8 Å². The van der Waals surface area contributed by atoms with Crippen LogP contribution in [0, 0.1) is 0 Å². The highest BCUT2D eigenvalue weighted by atomic mass is 32.1. The van der Waals surface area contributed by atoms with Gasteiger partial charge in [0, 0.05) is 42.2 Å². The molecule has 0 fully saturated rings. The van der Waals surface area contributed by atoms with Crippen LogP contribution >= 0.6 is 23.8 Å². The molecule has 0 aliphatic rings. The number of anilines is 4. The number of carbonyl (C=O) groups excluding carboxylic acids is 1. The number of amides is 1. The standard InChI is InChI=1S/C19H17F3N6OS2/c1-28(2)15-8-11(19(20,21)22)7-14(9-15)25-18(30)24-13-5-3-12(4-6-13)23-17(29)16-10-31-27-26-16/h3-10H,1-2H3,(H,23,29)(H2,24,25,30). The highest BCUT2D eigenvalue weighted by Gasteiger charge is 2.31. The van der Waals surface area contributed by atoms with Gasteiger partial charge in [-0.05, 0) is 66.2 Å². The average molecular weight is 467 g/mol. The van der Waals surface area contributed by atoms with Gasteiger partial charge in [0.2, 0.25) is 0 Å². The van der Waals surface area contributed by atoms with Gasteiger partial charge in [-0.15, -0.1) is 5.10 Å². The Kier molecular flexibility index (Phi) is 6.71. The van der Waals surface area contributed by atoms with Gasteiger partial charge in [0.05, 0.1) is 5.56 Å². The second-order valence-corrected chi connectivity index (χ2v) is 7.58. The van der Waals surface area contributed by atoms with E-state index >= 15 is 0 Å². The number of hydrogen-bond acceptors (Lipinski definition) is 6. The Hall–Kier alpha value is -3.25. The number of alkyl halides is 3. The predicted molar refractivity (Wildman–Crippen MR) is 120 cm³/mol. The second kappa shape index (κ2) is 9.27. The minimum absolute atomic E-state index is 0.120. The van der Waals surface area contributed by atoms with Crippen molar-refractivity contribution in [3.05, 3.63) is 59.1 Å². The fraction of sp³-hybridized carbons (Fsp3) is 0.158. The predicted octanol–water partition coefficient (Wildman–Crippen LogP) is 4.68. The fourth-order valence-electron chi connectivity index (χ4n) is 2.49. The number of rotatable bonds is 5. The Bertz CT molecular complexity index is 1070. The van der Waals surface area contributed by atoms with E-state index < -0.39 is 11.7 Å². The molecule has 1 heterocycles. The van der Waals surface area contributed by atoms with Crippen molar-refractivity contribution in [2.24, 2.45) is 0 Å². The van der Waals surface area contributed by atoms with Crippen LogP contribution < -0.4 is 20.9 Å². The molecular weight excluding hydrogens is 449 g/mol. The fourth-order valence-corrected chi connectivity index (χ4v) is 3.17. The minimum Gasteiger partial charge on any atom is -0.378 e. The van der Waals surface area contributed by atoms with Gasteiger partial charge in [0.1, 0.15) is 0 Å². The summed E-state index contributed by atoms with van der Waals surface area (Å²) in [6, 6.07) is 10.3. The van der Waals surface area contributed by atoms with Crippen LogP contribution in [0.4, 0.5) is 35.9 Å². The summed E-state index contributed by atoms with van der Waals surface area (Å²) in [5, 5.41) is 13.7. The number of benzene rings is 2. The molecule has 31 heavy (non-hydrogen) atoms. The van der Waals surface area contributed by atoms with Gasteiger partial charge in [0.25, 0.3) is 5.91 Å². The molecule has 0 aliphatic heterocycles. The molecule has 1 aromatic heterocycles. The summed E-state index contributed by atoms with van der Waals surface area (Å²) in [5.41, 5.74) is 1.16. The van der Waals surface area contributed by atoms with E-state index in [-0.39, 0.29) is 22.4 Å². The molecule has 12 heteroatoms. The van der Waals surface area contributed by atoms with Gasteiger partial charge in [-0.25, -0.2) is 0 Å². The van der Waals surface area contributed by atoms with Crippen LogP contribution in [0.2, 0.25) is 0 Å². The third-order valence-corrected chi connectivity index (χ3v) is 4.72. The molecule has 0 saturated heterocycles. The number of halogens is 3. The van der Waals surface area contributed by atoms with E-state index in [2.05, 4.69) is 25.5 Å². The van der Waals surface area contributed by atoms with E-state index in [4.69, 9.17) is 12.2 Å². The van der Waals surface area contributed by atoms with Crippen molar-refractivity contribution < 1.29 is 18.0 Å². The Balaban J connectivity index is 1.65. The zero-order chi connectivity index (χ0) is 22.6. The molecule has 0 saturated carbocycles. The first-order valence-corrected chi connectivity index (χ1v) is 10.0. The SMILES string of the molecule is CN(C)c1cc(NC(=S)Nc2ccc(NC(=O)c3csnn3)cc2)cc(C(F)(F)F)c1. The smallest absolute Gasteiger partial charge is 0.378 e. The number of nitrogens with zero attached hydrogens (tertiary/aromatic N) is 3. The second-order valence-electron chi connectivity index (χ2n) is 6.56. The first-order chi connectivity index (χ1) is 14.6. The maximum Gasteiger partial charge on any atom is 0.416 e.